The van der Waals surface area contributed by atoms with Gasteiger partial charge in [-0.15, -0.1) is 0 Å². The summed E-state index contributed by atoms with van der Waals surface area (Å²) in [6.07, 6.45) is 1.11. The standard InChI is InChI=1S/C16H16ClFO2S/c1-10(2)12-5-4-6-13(16(12)18)14-9-11(21(3,19)20)7-8-15(14)17/h4-10H,1-3H3. The Bertz CT molecular complexity index is 783. The van der Waals surface area contributed by atoms with Gasteiger partial charge in [0.2, 0.25) is 0 Å². The third kappa shape index (κ3) is 3.27. The Labute approximate surface area is 129 Å². The molecule has 0 heterocycles. The number of halogens is 2. The predicted molar refractivity (Wildman–Crippen MR) is 84.0 cm³/mol. The first-order valence-electron chi connectivity index (χ1n) is 6.50. The van der Waals surface area contributed by atoms with Crippen LogP contribution in [0.3, 0.4) is 0 Å². The summed E-state index contributed by atoms with van der Waals surface area (Å²) in [6.45, 7) is 3.80. The molecule has 0 N–H and O–H groups in total. The SMILES string of the molecule is CC(C)c1cccc(-c2cc(S(C)(=O)=O)ccc2Cl)c1F. The van der Waals surface area contributed by atoms with Gasteiger partial charge in [0.25, 0.3) is 0 Å². The molecule has 2 rings (SSSR count). The zero-order valence-corrected chi connectivity index (χ0v) is 13.6. The van der Waals surface area contributed by atoms with Gasteiger partial charge in [0.05, 0.1) is 4.90 Å². The van der Waals surface area contributed by atoms with Gasteiger partial charge in [-0.05, 0) is 29.7 Å². The van der Waals surface area contributed by atoms with Crippen LogP contribution in [0.2, 0.25) is 5.02 Å². The van der Waals surface area contributed by atoms with Crippen LogP contribution in [0, 0.1) is 5.82 Å². The molecule has 21 heavy (non-hydrogen) atoms. The molecule has 0 saturated heterocycles. The van der Waals surface area contributed by atoms with E-state index in [1.54, 1.807) is 18.2 Å². The van der Waals surface area contributed by atoms with E-state index in [1.165, 1.54) is 18.2 Å². The van der Waals surface area contributed by atoms with Crippen molar-refractivity contribution in [1.82, 2.24) is 0 Å². The van der Waals surface area contributed by atoms with E-state index in [4.69, 9.17) is 11.6 Å². The van der Waals surface area contributed by atoms with Gasteiger partial charge >= 0.3 is 0 Å². The van der Waals surface area contributed by atoms with Crippen LogP contribution < -0.4 is 0 Å². The predicted octanol–water partition coefficient (Wildman–Crippen LogP) is 4.67. The van der Waals surface area contributed by atoms with E-state index in [2.05, 4.69) is 0 Å². The summed E-state index contributed by atoms with van der Waals surface area (Å²) < 4.78 is 37.9. The minimum atomic E-state index is -3.37. The van der Waals surface area contributed by atoms with Crippen LogP contribution in [0.15, 0.2) is 41.3 Å². The molecule has 0 amide bonds. The molecule has 0 bridgehead atoms. The fourth-order valence-electron chi connectivity index (χ4n) is 2.15. The molecular formula is C16H16ClFO2S. The topological polar surface area (TPSA) is 34.1 Å². The summed E-state index contributed by atoms with van der Waals surface area (Å²) in [7, 11) is -3.37. The highest BCUT2D eigenvalue weighted by atomic mass is 35.5. The summed E-state index contributed by atoms with van der Waals surface area (Å²) in [6, 6.07) is 9.39. The van der Waals surface area contributed by atoms with Crippen molar-refractivity contribution in [1.29, 1.82) is 0 Å². The first kappa shape index (κ1) is 16.0. The lowest BCUT2D eigenvalue weighted by atomic mass is 9.96. The smallest absolute Gasteiger partial charge is 0.175 e. The van der Waals surface area contributed by atoms with Gasteiger partial charge in [-0.2, -0.15) is 0 Å². The molecule has 0 saturated carbocycles. The first-order valence-corrected chi connectivity index (χ1v) is 8.77. The minimum absolute atomic E-state index is 0.0295. The normalized spacial score (nSPS) is 11.9. The van der Waals surface area contributed by atoms with Gasteiger partial charge in [0.15, 0.2) is 9.84 Å². The zero-order chi connectivity index (χ0) is 15.8. The maximum Gasteiger partial charge on any atom is 0.175 e. The second-order valence-corrected chi connectivity index (χ2v) is 7.70. The van der Waals surface area contributed by atoms with Gasteiger partial charge in [-0.3, -0.25) is 0 Å². The molecule has 112 valence electrons. The monoisotopic (exact) mass is 326 g/mol. The highest BCUT2D eigenvalue weighted by Gasteiger charge is 2.17. The van der Waals surface area contributed by atoms with Gasteiger partial charge in [0, 0.05) is 22.4 Å². The van der Waals surface area contributed by atoms with Gasteiger partial charge in [-0.1, -0.05) is 43.6 Å². The molecule has 0 radical (unpaired) electrons. The van der Waals surface area contributed by atoms with Crippen molar-refractivity contribution in [2.75, 3.05) is 6.26 Å². The third-order valence-electron chi connectivity index (χ3n) is 3.31. The summed E-state index contributed by atoms with van der Waals surface area (Å²) in [5.74, 6) is -0.332. The number of benzene rings is 2. The van der Waals surface area contributed by atoms with Crippen LogP contribution in [-0.4, -0.2) is 14.7 Å². The molecule has 0 aliphatic rings. The highest BCUT2D eigenvalue weighted by Crippen LogP contribution is 2.34. The lowest BCUT2D eigenvalue weighted by molar-refractivity contribution is 0.599. The molecule has 0 aromatic heterocycles. The molecule has 0 unspecified atom stereocenters. The number of sulfone groups is 1. The van der Waals surface area contributed by atoms with E-state index in [9.17, 15) is 12.8 Å². The average Bonchev–Trinajstić information content (AvgIpc) is 2.38. The Morgan fingerprint density at radius 3 is 2.33 bits per heavy atom. The van der Waals surface area contributed by atoms with Crippen LogP contribution in [0.25, 0.3) is 11.1 Å². The second-order valence-electron chi connectivity index (χ2n) is 5.28. The van der Waals surface area contributed by atoms with Crippen molar-refractivity contribution < 1.29 is 12.8 Å². The van der Waals surface area contributed by atoms with E-state index in [0.717, 1.165) is 6.26 Å². The van der Waals surface area contributed by atoms with Gasteiger partial charge in [-0.25, -0.2) is 12.8 Å². The third-order valence-corrected chi connectivity index (χ3v) is 4.75. The van der Waals surface area contributed by atoms with E-state index >= 15 is 0 Å². The Morgan fingerprint density at radius 2 is 1.76 bits per heavy atom. The van der Waals surface area contributed by atoms with E-state index in [1.807, 2.05) is 13.8 Å². The molecular weight excluding hydrogens is 311 g/mol. The molecule has 0 aliphatic carbocycles. The van der Waals surface area contributed by atoms with Crippen molar-refractivity contribution in [2.45, 2.75) is 24.7 Å². The highest BCUT2D eigenvalue weighted by molar-refractivity contribution is 7.90. The molecule has 5 heteroatoms. The first-order chi connectivity index (χ1) is 9.71. The van der Waals surface area contributed by atoms with E-state index < -0.39 is 9.84 Å². The van der Waals surface area contributed by atoms with Gasteiger partial charge < -0.3 is 0 Å². The number of hydrogen-bond acceptors (Lipinski definition) is 2. The zero-order valence-electron chi connectivity index (χ0n) is 12.0. The maximum atomic E-state index is 14.6. The molecule has 0 aliphatic heterocycles. The summed E-state index contributed by atoms with van der Waals surface area (Å²) in [5, 5.41) is 0.321. The Hall–Kier alpha value is -1.39. The van der Waals surface area contributed by atoms with Crippen molar-refractivity contribution in [3.05, 3.63) is 52.8 Å². The fraction of sp³-hybridized carbons (Fsp3) is 0.250. The quantitative estimate of drug-likeness (QED) is 0.821. The Kier molecular flexibility index (Phi) is 4.40. The van der Waals surface area contributed by atoms with Crippen LogP contribution in [0.1, 0.15) is 25.3 Å². The lowest BCUT2D eigenvalue weighted by Crippen LogP contribution is -1.99. The van der Waals surface area contributed by atoms with Crippen molar-refractivity contribution >= 4 is 21.4 Å². The summed E-state index contributed by atoms with van der Waals surface area (Å²) >= 11 is 6.12. The summed E-state index contributed by atoms with van der Waals surface area (Å²) in [5.41, 5.74) is 1.28. The van der Waals surface area contributed by atoms with Crippen LogP contribution in [0.5, 0.6) is 0 Å². The van der Waals surface area contributed by atoms with Crippen LogP contribution in [-0.2, 0) is 9.84 Å². The molecule has 0 atom stereocenters. The lowest BCUT2D eigenvalue weighted by Gasteiger charge is -2.13. The van der Waals surface area contributed by atoms with E-state index in [-0.39, 0.29) is 16.6 Å². The maximum absolute atomic E-state index is 14.6. The molecule has 0 spiro atoms. The Morgan fingerprint density at radius 1 is 1.10 bits per heavy atom. The largest absolute Gasteiger partial charge is 0.224 e. The molecule has 2 aromatic carbocycles. The number of rotatable bonds is 3. The molecule has 2 nitrogen and oxygen atoms in total. The van der Waals surface area contributed by atoms with E-state index in [0.29, 0.717) is 21.7 Å². The van der Waals surface area contributed by atoms with Crippen molar-refractivity contribution in [2.24, 2.45) is 0 Å². The minimum Gasteiger partial charge on any atom is -0.224 e. The molecule has 0 fully saturated rings. The number of hydrogen-bond donors (Lipinski definition) is 0. The molecule has 2 aromatic rings. The average molecular weight is 327 g/mol. The fourth-order valence-corrected chi connectivity index (χ4v) is 3.01. The van der Waals surface area contributed by atoms with Crippen LogP contribution >= 0.6 is 11.6 Å². The summed E-state index contributed by atoms with van der Waals surface area (Å²) in [4.78, 5) is 0.122. The Balaban J connectivity index is 2.70. The van der Waals surface area contributed by atoms with Crippen LogP contribution in [0.4, 0.5) is 4.39 Å². The second kappa shape index (κ2) is 5.78. The van der Waals surface area contributed by atoms with Crippen molar-refractivity contribution in [3.8, 4) is 11.1 Å². The van der Waals surface area contributed by atoms with Gasteiger partial charge in [0.1, 0.15) is 5.82 Å². The van der Waals surface area contributed by atoms with Crippen molar-refractivity contribution in [3.63, 3.8) is 0 Å².